The van der Waals surface area contributed by atoms with E-state index in [4.69, 9.17) is 19.4 Å². The van der Waals surface area contributed by atoms with Crippen molar-refractivity contribution in [2.45, 2.75) is 39.4 Å². The van der Waals surface area contributed by atoms with Gasteiger partial charge in [0, 0.05) is 30.5 Å². The molecule has 0 N–H and O–H groups in total. The number of morpholine rings is 1. The Morgan fingerprint density at radius 1 is 1.09 bits per heavy atom. The molecule has 0 amide bonds. The highest BCUT2D eigenvalue weighted by molar-refractivity contribution is 7.25. The van der Waals surface area contributed by atoms with Crippen molar-refractivity contribution in [2.24, 2.45) is 0 Å². The number of aromatic nitrogens is 3. The first-order valence-electron chi connectivity index (χ1n) is 11.3. The summed E-state index contributed by atoms with van der Waals surface area (Å²) in [5.74, 6) is 0.960. The maximum Gasteiger partial charge on any atom is 0.275 e. The van der Waals surface area contributed by atoms with Gasteiger partial charge >= 0.3 is 0 Å². The molecule has 170 valence electrons. The third-order valence-electron chi connectivity index (χ3n) is 6.56. The van der Waals surface area contributed by atoms with Crippen LogP contribution in [0.5, 0.6) is 0 Å². The topological polar surface area (TPSA) is 69.5 Å². The molecule has 0 radical (unpaired) electrons. The molecular weight excluding hydrogens is 436 g/mol. The standard InChI is InChI=1S/C25H26N4O3S/c1-15-4-6-16(7-5-15)29-14-26-20-19-17-12-25(2,3)32-13-18(17)22(28-8-10-31-11-9-28)27-23(19)33-21(20)24(29)30/h4-7,14H,8-13H2,1-3H3. The number of nitrogens with zero attached hydrogens (tertiary/aromatic N) is 4. The number of anilines is 1. The molecule has 8 heteroatoms. The molecule has 3 aromatic heterocycles. The number of pyridine rings is 1. The van der Waals surface area contributed by atoms with E-state index in [1.807, 2.05) is 31.2 Å². The molecule has 1 aromatic carbocycles. The summed E-state index contributed by atoms with van der Waals surface area (Å²) in [6, 6.07) is 7.92. The van der Waals surface area contributed by atoms with E-state index in [0.717, 1.165) is 57.9 Å². The van der Waals surface area contributed by atoms with Gasteiger partial charge in [0.15, 0.2) is 0 Å². The lowest BCUT2D eigenvalue weighted by molar-refractivity contribution is -0.0396. The Kier molecular flexibility index (Phi) is 4.79. The van der Waals surface area contributed by atoms with Crippen molar-refractivity contribution in [3.05, 3.63) is 57.6 Å². The normalized spacial score (nSPS) is 18.1. The van der Waals surface area contributed by atoms with Crippen molar-refractivity contribution in [2.75, 3.05) is 31.2 Å². The fourth-order valence-electron chi connectivity index (χ4n) is 4.77. The number of aryl methyl sites for hydroxylation is 1. The van der Waals surface area contributed by atoms with Gasteiger partial charge in [-0.25, -0.2) is 9.97 Å². The Morgan fingerprint density at radius 2 is 1.85 bits per heavy atom. The first-order chi connectivity index (χ1) is 15.9. The molecule has 4 aromatic rings. The van der Waals surface area contributed by atoms with E-state index in [1.54, 1.807) is 10.9 Å². The van der Waals surface area contributed by atoms with Gasteiger partial charge in [0.25, 0.3) is 5.56 Å². The van der Waals surface area contributed by atoms with E-state index in [-0.39, 0.29) is 11.2 Å². The zero-order chi connectivity index (χ0) is 22.7. The second-order valence-corrected chi connectivity index (χ2v) is 10.4. The Morgan fingerprint density at radius 3 is 2.61 bits per heavy atom. The molecule has 0 atom stereocenters. The summed E-state index contributed by atoms with van der Waals surface area (Å²) >= 11 is 1.45. The van der Waals surface area contributed by atoms with Crippen LogP contribution in [0.25, 0.3) is 26.1 Å². The number of benzene rings is 1. The van der Waals surface area contributed by atoms with E-state index >= 15 is 0 Å². The van der Waals surface area contributed by atoms with Crippen LogP contribution in [0.1, 0.15) is 30.5 Å². The van der Waals surface area contributed by atoms with Crippen LogP contribution in [0, 0.1) is 6.92 Å². The second kappa shape index (κ2) is 7.62. The van der Waals surface area contributed by atoms with Crippen LogP contribution in [0.15, 0.2) is 35.4 Å². The molecule has 1 saturated heterocycles. The van der Waals surface area contributed by atoms with E-state index in [0.29, 0.717) is 24.5 Å². The first-order valence-corrected chi connectivity index (χ1v) is 12.1. The molecule has 0 bridgehead atoms. The predicted molar refractivity (Wildman–Crippen MR) is 131 cm³/mol. The first kappa shape index (κ1) is 20.8. The highest BCUT2D eigenvalue weighted by Gasteiger charge is 2.33. The SMILES string of the molecule is Cc1ccc(-n2cnc3c(sc4nc(N5CCOCC5)c5c(c43)CC(C)(C)OC5)c2=O)cc1. The maximum atomic E-state index is 13.5. The molecule has 2 aliphatic rings. The fraction of sp³-hybridized carbons (Fsp3) is 0.400. The average molecular weight is 463 g/mol. The third-order valence-corrected chi connectivity index (χ3v) is 7.62. The number of hydrogen-bond donors (Lipinski definition) is 0. The Bertz CT molecular complexity index is 1430. The van der Waals surface area contributed by atoms with E-state index in [9.17, 15) is 4.79 Å². The highest BCUT2D eigenvalue weighted by Crippen LogP contribution is 2.42. The summed E-state index contributed by atoms with van der Waals surface area (Å²) in [6.45, 7) is 9.76. The largest absolute Gasteiger partial charge is 0.378 e. The van der Waals surface area contributed by atoms with Crippen LogP contribution >= 0.6 is 11.3 Å². The molecule has 1 fully saturated rings. The van der Waals surface area contributed by atoms with E-state index in [1.165, 1.54) is 16.9 Å². The zero-order valence-electron chi connectivity index (χ0n) is 19.1. The van der Waals surface area contributed by atoms with Crippen molar-refractivity contribution in [3.8, 4) is 5.69 Å². The lowest BCUT2D eigenvalue weighted by atomic mass is 9.90. The minimum atomic E-state index is -0.283. The smallest absolute Gasteiger partial charge is 0.275 e. The van der Waals surface area contributed by atoms with E-state index in [2.05, 4.69) is 18.7 Å². The van der Waals surface area contributed by atoms with Gasteiger partial charge < -0.3 is 14.4 Å². The van der Waals surface area contributed by atoms with Crippen LogP contribution in [0.4, 0.5) is 5.82 Å². The molecule has 0 spiro atoms. The lowest BCUT2D eigenvalue weighted by Crippen LogP contribution is -2.39. The molecule has 7 nitrogen and oxygen atoms in total. The third kappa shape index (κ3) is 3.44. The molecule has 6 rings (SSSR count). The summed E-state index contributed by atoms with van der Waals surface area (Å²) in [6.07, 6.45) is 2.40. The molecule has 2 aliphatic heterocycles. The maximum absolute atomic E-state index is 13.5. The van der Waals surface area contributed by atoms with Gasteiger partial charge in [0.2, 0.25) is 0 Å². The van der Waals surface area contributed by atoms with Crippen LogP contribution in [0.3, 0.4) is 0 Å². The minimum absolute atomic E-state index is 0.0557. The molecular formula is C25H26N4O3S. The van der Waals surface area contributed by atoms with Crippen LogP contribution < -0.4 is 10.5 Å². The molecule has 33 heavy (non-hydrogen) atoms. The lowest BCUT2D eigenvalue weighted by Gasteiger charge is -2.36. The molecule has 0 aliphatic carbocycles. The van der Waals surface area contributed by atoms with Gasteiger partial charge in [-0.05, 0) is 38.5 Å². The van der Waals surface area contributed by atoms with Crippen LogP contribution in [-0.2, 0) is 22.5 Å². The summed E-state index contributed by atoms with van der Waals surface area (Å²) in [7, 11) is 0. The monoisotopic (exact) mass is 462 g/mol. The van der Waals surface area contributed by atoms with Crippen LogP contribution in [-0.4, -0.2) is 46.4 Å². The van der Waals surface area contributed by atoms with Crippen molar-refractivity contribution in [1.82, 2.24) is 14.5 Å². The summed E-state index contributed by atoms with van der Waals surface area (Å²) < 4.78 is 14.0. The summed E-state index contributed by atoms with van der Waals surface area (Å²) in [5.41, 5.74) is 4.71. The fourth-order valence-corrected chi connectivity index (χ4v) is 5.86. The van der Waals surface area contributed by atoms with Gasteiger partial charge in [-0.1, -0.05) is 17.7 Å². The van der Waals surface area contributed by atoms with Crippen molar-refractivity contribution < 1.29 is 9.47 Å². The number of ether oxygens (including phenoxy) is 2. The molecule has 5 heterocycles. The number of fused-ring (bicyclic) bond motifs is 5. The van der Waals surface area contributed by atoms with Crippen molar-refractivity contribution >= 4 is 37.6 Å². The Hall–Kier alpha value is -2.81. The summed E-state index contributed by atoms with van der Waals surface area (Å²) in [5, 5.41) is 1.01. The molecule has 0 unspecified atom stereocenters. The van der Waals surface area contributed by atoms with Gasteiger partial charge in [0.05, 0.1) is 36.6 Å². The zero-order valence-corrected chi connectivity index (χ0v) is 19.9. The van der Waals surface area contributed by atoms with Gasteiger partial charge in [-0.3, -0.25) is 9.36 Å². The number of thiophene rings is 1. The van der Waals surface area contributed by atoms with Crippen molar-refractivity contribution in [3.63, 3.8) is 0 Å². The van der Waals surface area contributed by atoms with Gasteiger partial charge in [-0.2, -0.15) is 0 Å². The average Bonchev–Trinajstić information content (AvgIpc) is 3.19. The minimum Gasteiger partial charge on any atom is -0.378 e. The van der Waals surface area contributed by atoms with Crippen molar-refractivity contribution in [1.29, 1.82) is 0 Å². The van der Waals surface area contributed by atoms with Gasteiger partial charge in [0.1, 0.15) is 21.7 Å². The van der Waals surface area contributed by atoms with E-state index < -0.39 is 0 Å². The second-order valence-electron chi connectivity index (χ2n) is 9.43. The number of hydrogen-bond acceptors (Lipinski definition) is 7. The molecule has 0 saturated carbocycles. The predicted octanol–water partition coefficient (Wildman–Crippen LogP) is 3.99. The summed E-state index contributed by atoms with van der Waals surface area (Å²) in [4.78, 5) is 26.5. The number of rotatable bonds is 2. The van der Waals surface area contributed by atoms with Gasteiger partial charge in [-0.15, -0.1) is 11.3 Å². The Labute approximate surface area is 195 Å². The van der Waals surface area contributed by atoms with Crippen LogP contribution in [0.2, 0.25) is 0 Å². The Balaban J connectivity index is 1.61. The quantitative estimate of drug-likeness (QED) is 0.449. The highest BCUT2D eigenvalue weighted by atomic mass is 32.1.